The molecule has 0 saturated heterocycles. The highest BCUT2D eigenvalue weighted by Gasteiger charge is 2.12. The van der Waals surface area contributed by atoms with Crippen molar-refractivity contribution in [2.75, 3.05) is 37.2 Å². The number of amides is 1. The van der Waals surface area contributed by atoms with Crippen LogP contribution in [-0.2, 0) is 0 Å². The molecule has 0 fully saturated rings. The van der Waals surface area contributed by atoms with Gasteiger partial charge in [-0.1, -0.05) is 26.1 Å². The molecule has 0 aliphatic rings. The van der Waals surface area contributed by atoms with Crippen molar-refractivity contribution in [3.63, 3.8) is 0 Å². The molecular formula is C14H22N4OS2. The molecule has 0 aliphatic heterocycles. The number of hydrogen-bond donors (Lipinski definition) is 4. The summed E-state index contributed by atoms with van der Waals surface area (Å²) in [6, 6.07) is 5.03. The molecule has 0 radical (unpaired) electrons. The molecule has 0 atom stereocenters. The van der Waals surface area contributed by atoms with Gasteiger partial charge in [-0.2, -0.15) is 0 Å². The number of carbonyl (C=O) groups excluding carboxylic acids is 1. The van der Waals surface area contributed by atoms with E-state index in [0.717, 1.165) is 19.6 Å². The number of benzene rings is 1. The largest absolute Gasteiger partial charge is 0.399 e. The topological polar surface area (TPSA) is 70.4 Å². The summed E-state index contributed by atoms with van der Waals surface area (Å²) in [6.45, 7) is 7.54. The van der Waals surface area contributed by atoms with E-state index in [0.29, 0.717) is 23.5 Å². The Bertz CT molecular complexity index is 504. The van der Waals surface area contributed by atoms with E-state index in [-0.39, 0.29) is 10.2 Å². The van der Waals surface area contributed by atoms with Crippen molar-refractivity contribution in [3.8, 4) is 0 Å². The van der Waals surface area contributed by atoms with Gasteiger partial charge in [-0.3, -0.25) is 4.79 Å². The second kappa shape index (κ2) is 8.86. The fourth-order valence-corrected chi connectivity index (χ4v) is 2.17. The first-order valence-electron chi connectivity index (χ1n) is 6.88. The Morgan fingerprint density at radius 3 is 2.62 bits per heavy atom. The molecule has 1 aromatic rings. The zero-order valence-corrected chi connectivity index (χ0v) is 14.1. The summed E-state index contributed by atoms with van der Waals surface area (Å²) in [5, 5.41) is 5.76. The number of nitrogens with zero attached hydrogens (tertiary/aromatic N) is 1. The minimum Gasteiger partial charge on any atom is -0.399 e. The van der Waals surface area contributed by atoms with E-state index in [2.05, 4.69) is 42.0 Å². The third-order valence-corrected chi connectivity index (χ3v) is 3.35. The van der Waals surface area contributed by atoms with Gasteiger partial charge in [-0.15, -0.1) is 12.6 Å². The number of thiocarbonyl (C=S) groups is 1. The van der Waals surface area contributed by atoms with Crippen molar-refractivity contribution in [1.82, 2.24) is 10.2 Å². The van der Waals surface area contributed by atoms with Gasteiger partial charge in [-0.25, -0.2) is 0 Å². The number of thiol groups is 1. The number of hydrogen-bond acceptors (Lipinski definition) is 4. The van der Waals surface area contributed by atoms with Crippen LogP contribution >= 0.6 is 24.8 Å². The number of likely N-dealkylation sites (N-methyl/N-ethyl adjacent to an activating group) is 1. The Balaban J connectivity index is 2.71. The molecule has 5 nitrogen and oxygen atoms in total. The van der Waals surface area contributed by atoms with Crippen molar-refractivity contribution in [2.24, 2.45) is 0 Å². The lowest BCUT2D eigenvalue weighted by atomic mass is 10.1. The Labute approximate surface area is 136 Å². The number of nitrogens with two attached hydrogens (primary N) is 1. The molecule has 0 aliphatic carbocycles. The maximum absolute atomic E-state index is 12.2. The van der Waals surface area contributed by atoms with Crippen LogP contribution in [-0.4, -0.2) is 41.3 Å². The van der Waals surface area contributed by atoms with Gasteiger partial charge in [0.15, 0.2) is 0 Å². The minimum absolute atomic E-state index is 0.158. The first-order chi connectivity index (χ1) is 9.97. The van der Waals surface area contributed by atoms with Crippen LogP contribution in [0, 0.1) is 0 Å². The summed E-state index contributed by atoms with van der Waals surface area (Å²) in [4.78, 5) is 14.5. The molecule has 1 amide bonds. The highest BCUT2D eigenvalue weighted by molar-refractivity contribution is 8.11. The predicted octanol–water partition coefficient (Wildman–Crippen LogP) is 1.97. The third-order valence-electron chi connectivity index (χ3n) is 3.14. The van der Waals surface area contributed by atoms with E-state index < -0.39 is 0 Å². The van der Waals surface area contributed by atoms with E-state index in [4.69, 9.17) is 18.0 Å². The van der Waals surface area contributed by atoms with Crippen LogP contribution in [0.25, 0.3) is 0 Å². The van der Waals surface area contributed by atoms with Gasteiger partial charge >= 0.3 is 0 Å². The van der Waals surface area contributed by atoms with Gasteiger partial charge in [-0.05, 0) is 31.3 Å². The SMILES string of the molecule is CCN(CC)CCNC(=O)c1ccc(N)cc1NC(=S)S. The van der Waals surface area contributed by atoms with Crippen LogP contribution in [0.1, 0.15) is 24.2 Å². The molecule has 0 spiro atoms. The van der Waals surface area contributed by atoms with Gasteiger partial charge in [0.1, 0.15) is 4.32 Å². The molecular weight excluding hydrogens is 304 g/mol. The monoisotopic (exact) mass is 326 g/mol. The van der Waals surface area contributed by atoms with Crippen LogP contribution in [0.2, 0.25) is 0 Å². The number of rotatable bonds is 7. The average molecular weight is 326 g/mol. The fraction of sp³-hybridized carbons (Fsp3) is 0.429. The fourth-order valence-electron chi connectivity index (χ4n) is 1.94. The Hall–Kier alpha value is -1.31. The van der Waals surface area contributed by atoms with Gasteiger partial charge in [0.25, 0.3) is 5.91 Å². The molecule has 0 saturated carbocycles. The van der Waals surface area contributed by atoms with Crippen molar-refractivity contribution in [3.05, 3.63) is 23.8 Å². The third kappa shape index (κ3) is 5.91. The van der Waals surface area contributed by atoms with E-state index in [1.807, 2.05) is 0 Å². The predicted molar refractivity (Wildman–Crippen MR) is 96.2 cm³/mol. The Morgan fingerprint density at radius 2 is 2.05 bits per heavy atom. The highest BCUT2D eigenvalue weighted by atomic mass is 32.1. The molecule has 0 heterocycles. The summed E-state index contributed by atoms with van der Waals surface area (Å²) in [6.07, 6.45) is 0. The maximum Gasteiger partial charge on any atom is 0.253 e. The van der Waals surface area contributed by atoms with E-state index in [1.165, 1.54) is 0 Å². The molecule has 0 unspecified atom stereocenters. The number of nitrogen functional groups attached to an aromatic ring is 1. The summed E-state index contributed by atoms with van der Waals surface area (Å²) in [5.41, 5.74) is 7.36. The molecule has 1 rings (SSSR count). The van der Waals surface area contributed by atoms with Crippen molar-refractivity contribution < 1.29 is 4.79 Å². The van der Waals surface area contributed by atoms with Crippen LogP contribution in [0.15, 0.2) is 18.2 Å². The first kappa shape index (κ1) is 17.7. The lowest BCUT2D eigenvalue weighted by molar-refractivity contribution is 0.0950. The number of nitrogens with one attached hydrogen (secondary N) is 2. The second-order valence-corrected chi connectivity index (χ2v) is 5.68. The zero-order valence-electron chi connectivity index (χ0n) is 12.3. The Morgan fingerprint density at radius 1 is 1.38 bits per heavy atom. The normalized spacial score (nSPS) is 10.5. The highest BCUT2D eigenvalue weighted by Crippen LogP contribution is 2.19. The summed E-state index contributed by atoms with van der Waals surface area (Å²) in [5.74, 6) is -0.158. The molecule has 7 heteroatoms. The van der Waals surface area contributed by atoms with E-state index >= 15 is 0 Å². The second-order valence-electron chi connectivity index (χ2n) is 4.52. The average Bonchev–Trinajstić information content (AvgIpc) is 2.43. The van der Waals surface area contributed by atoms with Gasteiger partial charge < -0.3 is 21.3 Å². The molecule has 116 valence electrons. The summed E-state index contributed by atoms with van der Waals surface area (Å²) in [7, 11) is 0. The van der Waals surface area contributed by atoms with Crippen molar-refractivity contribution in [2.45, 2.75) is 13.8 Å². The summed E-state index contributed by atoms with van der Waals surface area (Å²) >= 11 is 8.92. The van der Waals surface area contributed by atoms with Crippen LogP contribution in [0.4, 0.5) is 11.4 Å². The molecule has 0 bridgehead atoms. The van der Waals surface area contributed by atoms with E-state index in [1.54, 1.807) is 18.2 Å². The van der Waals surface area contributed by atoms with Crippen molar-refractivity contribution in [1.29, 1.82) is 0 Å². The van der Waals surface area contributed by atoms with Gasteiger partial charge in [0.2, 0.25) is 0 Å². The van der Waals surface area contributed by atoms with Crippen LogP contribution < -0.4 is 16.4 Å². The molecule has 4 N–H and O–H groups in total. The van der Waals surface area contributed by atoms with E-state index in [9.17, 15) is 4.79 Å². The smallest absolute Gasteiger partial charge is 0.253 e. The lowest BCUT2D eigenvalue weighted by Gasteiger charge is -2.18. The van der Waals surface area contributed by atoms with Gasteiger partial charge in [0.05, 0.1) is 11.3 Å². The molecule has 21 heavy (non-hydrogen) atoms. The first-order valence-corrected chi connectivity index (χ1v) is 7.73. The number of anilines is 2. The maximum atomic E-state index is 12.2. The van der Waals surface area contributed by atoms with Gasteiger partial charge in [0, 0.05) is 18.8 Å². The zero-order chi connectivity index (χ0) is 15.8. The van der Waals surface area contributed by atoms with Crippen LogP contribution in [0.3, 0.4) is 0 Å². The standard InChI is InChI=1S/C14H22N4OS2/c1-3-18(4-2)8-7-16-13(19)11-6-5-10(15)9-12(11)17-14(20)21/h5-6,9H,3-4,7-8,15H2,1-2H3,(H,16,19)(H2,17,20,21). The Kier molecular flexibility index (Phi) is 7.49. The molecule has 1 aromatic carbocycles. The number of carbonyl (C=O) groups is 1. The minimum atomic E-state index is -0.158. The van der Waals surface area contributed by atoms with Crippen molar-refractivity contribution >= 4 is 46.4 Å². The quantitative estimate of drug-likeness (QED) is 0.350. The summed E-state index contributed by atoms with van der Waals surface area (Å²) < 4.78 is 0.290. The lowest BCUT2D eigenvalue weighted by Crippen LogP contribution is -2.35. The molecule has 0 aromatic heterocycles. The van der Waals surface area contributed by atoms with Crippen LogP contribution in [0.5, 0.6) is 0 Å².